The van der Waals surface area contributed by atoms with Gasteiger partial charge >= 0.3 is 5.97 Å². The Hall–Kier alpha value is -0.610. The van der Waals surface area contributed by atoms with Gasteiger partial charge in [-0.3, -0.25) is 4.79 Å². The number of hydrogen-bond donors (Lipinski definition) is 2. The highest BCUT2D eigenvalue weighted by molar-refractivity contribution is 5.76. The van der Waals surface area contributed by atoms with Crippen molar-refractivity contribution in [2.24, 2.45) is 11.3 Å². The van der Waals surface area contributed by atoms with Crippen molar-refractivity contribution in [1.82, 2.24) is 0 Å². The molecule has 4 nitrogen and oxygen atoms in total. The molecule has 1 aliphatic carbocycles. The normalized spacial score (nSPS) is 37.9. The number of hydrogen-bond acceptors (Lipinski definition) is 3. The fourth-order valence-electron chi connectivity index (χ4n) is 2.72. The van der Waals surface area contributed by atoms with Crippen LogP contribution in [0.15, 0.2) is 0 Å². The summed E-state index contributed by atoms with van der Waals surface area (Å²) < 4.78 is 5.56. The molecule has 3 atom stereocenters. The summed E-state index contributed by atoms with van der Waals surface area (Å²) >= 11 is 0. The molecule has 1 saturated carbocycles. The molecular weight excluding hydrogens is 196 g/mol. The van der Waals surface area contributed by atoms with Crippen LogP contribution in [0.1, 0.15) is 32.6 Å². The van der Waals surface area contributed by atoms with Crippen LogP contribution in [0.2, 0.25) is 0 Å². The molecule has 0 aromatic heterocycles. The fourth-order valence-corrected chi connectivity index (χ4v) is 2.72. The molecule has 1 aliphatic heterocycles. The van der Waals surface area contributed by atoms with Crippen LogP contribution in [0.4, 0.5) is 0 Å². The van der Waals surface area contributed by atoms with E-state index in [0.29, 0.717) is 25.4 Å². The van der Waals surface area contributed by atoms with Crippen molar-refractivity contribution in [3.63, 3.8) is 0 Å². The van der Waals surface area contributed by atoms with Gasteiger partial charge in [-0.25, -0.2) is 0 Å². The van der Waals surface area contributed by atoms with E-state index in [9.17, 15) is 15.0 Å². The molecule has 1 saturated heterocycles. The summed E-state index contributed by atoms with van der Waals surface area (Å²) in [5.41, 5.74) is -0.838. The van der Waals surface area contributed by atoms with Crippen LogP contribution in [-0.4, -0.2) is 35.0 Å². The minimum atomic E-state index is -0.838. The quantitative estimate of drug-likeness (QED) is 0.733. The first-order valence-electron chi connectivity index (χ1n) is 5.59. The van der Waals surface area contributed by atoms with Gasteiger partial charge in [0, 0.05) is 6.61 Å². The third-order valence-electron chi connectivity index (χ3n) is 3.53. The molecule has 15 heavy (non-hydrogen) atoms. The molecule has 0 radical (unpaired) electrons. The van der Waals surface area contributed by atoms with E-state index in [1.165, 1.54) is 0 Å². The molecule has 86 valence electrons. The number of carboxylic acid groups (broad SMARTS) is 1. The van der Waals surface area contributed by atoms with Gasteiger partial charge in [-0.05, 0) is 38.5 Å². The number of aliphatic carboxylic acids is 1. The lowest BCUT2D eigenvalue weighted by atomic mass is 9.75. The van der Waals surface area contributed by atoms with Crippen LogP contribution in [0.3, 0.4) is 0 Å². The monoisotopic (exact) mass is 214 g/mol. The lowest BCUT2D eigenvalue weighted by Crippen LogP contribution is -2.42. The molecular formula is C11H18O4. The lowest BCUT2D eigenvalue weighted by molar-refractivity contribution is -0.155. The van der Waals surface area contributed by atoms with Gasteiger partial charge in [0.05, 0.1) is 17.6 Å². The van der Waals surface area contributed by atoms with Gasteiger partial charge in [-0.2, -0.15) is 0 Å². The maximum atomic E-state index is 11.4. The average Bonchev–Trinajstić information content (AvgIpc) is 2.88. The number of carbonyl (C=O) groups is 1. The molecule has 0 aromatic rings. The predicted octanol–water partition coefficient (Wildman–Crippen LogP) is 1.03. The second-order valence-electron chi connectivity index (χ2n) is 4.89. The fraction of sp³-hybridized carbons (Fsp3) is 0.909. The Morgan fingerprint density at radius 3 is 2.73 bits per heavy atom. The standard InChI is InChI=1S/C11H18O4/c1-7(12)6-11(10(13)14)4-5-15-9(11)8-2-3-8/h7-9,12H,2-6H2,1H3,(H,13,14). The Labute approximate surface area is 89.2 Å². The third-order valence-corrected chi connectivity index (χ3v) is 3.53. The van der Waals surface area contributed by atoms with Gasteiger partial charge in [0.15, 0.2) is 0 Å². The van der Waals surface area contributed by atoms with E-state index in [1.807, 2.05) is 0 Å². The van der Waals surface area contributed by atoms with Crippen molar-refractivity contribution in [1.29, 1.82) is 0 Å². The first kappa shape index (κ1) is 10.9. The van der Waals surface area contributed by atoms with Crippen molar-refractivity contribution in [3.8, 4) is 0 Å². The Kier molecular flexibility index (Phi) is 2.73. The van der Waals surface area contributed by atoms with Crippen molar-refractivity contribution in [2.75, 3.05) is 6.61 Å². The number of aliphatic hydroxyl groups excluding tert-OH is 1. The topological polar surface area (TPSA) is 66.8 Å². The molecule has 0 aromatic carbocycles. The second kappa shape index (κ2) is 3.76. The molecule has 2 aliphatic rings. The van der Waals surface area contributed by atoms with Crippen LogP contribution in [0.5, 0.6) is 0 Å². The van der Waals surface area contributed by atoms with Gasteiger partial charge in [0.25, 0.3) is 0 Å². The van der Waals surface area contributed by atoms with E-state index in [4.69, 9.17) is 4.74 Å². The number of carboxylic acids is 1. The van der Waals surface area contributed by atoms with Gasteiger partial charge in [-0.1, -0.05) is 0 Å². The Morgan fingerprint density at radius 2 is 2.27 bits per heavy atom. The summed E-state index contributed by atoms with van der Waals surface area (Å²) in [7, 11) is 0. The highest BCUT2D eigenvalue weighted by Crippen LogP contribution is 2.50. The molecule has 2 rings (SSSR count). The van der Waals surface area contributed by atoms with Gasteiger partial charge < -0.3 is 14.9 Å². The molecule has 0 amide bonds. The van der Waals surface area contributed by atoms with E-state index in [-0.39, 0.29) is 6.10 Å². The first-order valence-corrected chi connectivity index (χ1v) is 5.59. The Bertz CT molecular complexity index is 259. The predicted molar refractivity (Wildman–Crippen MR) is 53.4 cm³/mol. The van der Waals surface area contributed by atoms with Crippen LogP contribution < -0.4 is 0 Å². The molecule has 0 spiro atoms. The molecule has 1 heterocycles. The summed E-state index contributed by atoms with van der Waals surface area (Å²) in [6.07, 6.45) is 2.23. The van der Waals surface area contributed by atoms with E-state index < -0.39 is 17.5 Å². The van der Waals surface area contributed by atoms with Gasteiger partial charge in [0.2, 0.25) is 0 Å². The van der Waals surface area contributed by atoms with Crippen LogP contribution in [-0.2, 0) is 9.53 Å². The van der Waals surface area contributed by atoms with E-state index in [1.54, 1.807) is 6.92 Å². The van der Waals surface area contributed by atoms with Crippen molar-refractivity contribution in [2.45, 2.75) is 44.8 Å². The molecule has 2 N–H and O–H groups in total. The largest absolute Gasteiger partial charge is 0.481 e. The Balaban J connectivity index is 2.19. The molecule has 0 bridgehead atoms. The summed E-state index contributed by atoms with van der Waals surface area (Å²) in [6, 6.07) is 0. The van der Waals surface area contributed by atoms with Crippen LogP contribution in [0, 0.1) is 11.3 Å². The van der Waals surface area contributed by atoms with E-state index in [0.717, 1.165) is 12.8 Å². The van der Waals surface area contributed by atoms with E-state index in [2.05, 4.69) is 0 Å². The molecule has 2 fully saturated rings. The zero-order chi connectivity index (χ0) is 11.1. The van der Waals surface area contributed by atoms with Gasteiger partial charge in [-0.15, -0.1) is 0 Å². The number of rotatable bonds is 4. The molecule has 3 unspecified atom stereocenters. The zero-order valence-corrected chi connectivity index (χ0v) is 8.98. The average molecular weight is 214 g/mol. The number of aliphatic hydroxyl groups is 1. The second-order valence-corrected chi connectivity index (χ2v) is 4.89. The van der Waals surface area contributed by atoms with Crippen molar-refractivity contribution < 1.29 is 19.7 Å². The SMILES string of the molecule is CC(O)CC1(C(=O)O)CCOC1C1CC1. The zero-order valence-electron chi connectivity index (χ0n) is 8.98. The minimum Gasteiger partial charge on any atom is -0.481 e. The van der Waals surface area contributed by atoms with Crippen LogP contribution in [0.25, 0.3) is 0 Å². The van der Waals surface area contributed by atoms with Gasteiger partial charge in [0.1, 0.15) is 0 Å². The van der Waals surface area contributed by atoms with Crippen molar-refractivity contribution in [3.05, 3.63) is 0 Å². The highest BCUT2D eigenvalue weighted by Gasteiger charge is 2.56. The van der Waals surface area contributed by atoms with E-state index >= 15 is 0 Å². The summed E-state index contributed by atoms with van der Waals surface area (Å²) in [4.78, 5) is 11.4. The smallest absolute Gasteiger partial charge is 0.312 e. The number of ether oxygens (including phenoxy) is 1. The Morgan fingerprint density at radius 1 is 1.60 bits per heavy atom. The maximum Gasteiger partial charge on any atom is 0.312 e. The highest BCUT2D eigenvalue weighted by atomic mass is 16.5. The van der Waals surface area contributed by atoms with Crippen LogP contribution >= 0.6 is 0 Å². The summed E-state index contributed by atoms with van der Waals surface area (Å²) in [6.45, 7) is 2.16. The summed E-state index contributed by atoms with van der Waals surface area (Å²) in [5, 5.41) is 18.8. The lowest BCUT2D eigenvalue weighted by Gasteiger charge is -2.30. The molecule has 4 heteroatoms. The van der Waals surface area contributed by atoms with Crippen molar-refractivity contribution >= 4 is 5.97 Å². The maximum absolute atomic E-state index is 11.4. The third kappa shape index (κ3) is 1.88. The minimum absolute atomic E-state index is 0.176. The first-order chi connectivity index (χ1) is 7.06. The summed E-state index contributed by atoms with van der Waals surface area (Å²) in [5.74, 6) is -0.403.